The molecule has 6 heteroatoms. The summed E-state index contributed by atoms with van der Waals surface area (Å²) in [5.74, 6) is -0.00622. The van der Waals surface area contributed by atoms with E-state index in [-0.39, 0.29) is 18.5 Å². The molecule has 0 radical (unpaired) electrons. The summed E-state index contributed by atoms with van der Waals surface area (Å²) in [6, 6.07) is -0.535. The Morgan fingerprint density at radius 3 is 0.847 bits per heavy atom. The summed E-state index contributed by atoms with van der Waals surface area (Å²) in [4.78, 5) is 24.5. The van der Waals surface area contributed by atoms with Gasteiger partial charge in [0.05, 0.1) is 25.4 Å². The maximum Gasteiger partial charge on any atom is 0.305 e. The molecule has 2 unspecified atom stereocenters. The molecule has 0 aliphatic carbocycles. The highest BCUT2D eigenvalue weighted by atomic mass is 16.5. The molecule has 72 heavy (non-hydrogen) atoms. The summed E-state index contributed by atoms with van der Waals surface area (Å²) in [6.45, 7) is 4.97. The Morgan fingerprint density at radius 2 is 0.569 bits per heavy atom. The van der Waals surface area contributed by atoms with E-state index in [1.54, 1.807) is 0 Å². The lowest BCUT2D eigenvalue weighted by Crippen LogP contribution is -2.45. The van der Waals surface area contributed by atoms with E-state index < -0.39 is 12.1 Å². The second kappa shape index (κ2) is 62.4. The van der Waals surface area contributed by atoms with Gasteiger partial charge in [-0.05, 0) is 25.7 Å². The lowest BCUT2D eigenvalue weighted by molar-refractivity contribution is -0.143. The van der Waals surface area contributed by atoms with Gasteiger partial charge in [-0.1, -0.05) is 348 Å². The third-order valence-electron chi connectivity index (χ3n) is 15.9. The average molecular weight is 1020 g/mol. The van der Waals surface area contributed by atoms with Gasteiger partial charge in [-0.2, -0.15) is 0 Å². The van der Waals surface area contributed by atoms with Crippen LogP contribution in [0.1, 0.15) is 386 Å². The number of aliphatic hydroxyl groups is 2. The van der Waals surface area contributed by atoms with Crippen molar-refractivity contribution in [3.63, 3.8) is 0 Å². The van der Waals surface area contributed by atoms with E-state index in [1.807, 2.05) is 0 Å². The van der Waals surface area contributed by atoms with Gasteiger partial charge in [0.1, 0.15) is 0 Å². The van der Waals surface area contributed by atoms with E-state index in [0.29, 0.717) is 25.9 Å². The van der Waals surface area contributed by atoms with E-state index in [1.165, 1.54) is 315 Å². The molecule has 1 amide bonds. The van der Waals surface area contributed by atoms with Crippen LogP contribution in [-0.4, -0.2) is 47.4 Å². The number of amides is 1. The first kappa shape index (κ1) is 70.9. The number of nitrogens with one attached hydrogen (secondary N) is 1. The summed E-state index contributed by atoms with van der Waals surface area (Å²) in [5.41, 5.74) is 0. The van der Waals surface area contributed by atoms with Crippen molar-refractivity contribution in [3.05, 3.63) is 0 Å². The molecule has 0 fully saturated rings. The minimum absolute atomic E-state index is 0.0236. The maximum absolute atomic E-state index is 12.4. The quantitative estimate of drug-likeness (QED) is 0.0417. The van der Waals surface area contributed by atoms with Crippen LogP contribution in [-0.2, 0) is 14.3 Å². The highest BCUT2D eigenvalue weighted by molar-refractivity contribution is 5.76. The van der Waals surface area contributed by atoms with E-state index in [0.717, 1.165) is 38.5 Å². The second-order valence-corrected chi connectivity index (χ2v) is 23.2. The summed E-state index contributed by atoms with van der Waals surface area (Å²) >= 11 is 0. The normalized spacial score (nSPS) is 12.4. The number of aliphatic hydroxyl groups excluding tert-OH is 2. The van der Waals surface area contributed by atoms with E-state index in [9.17, 15) is 19.8 Å². The zero-order chi connectivity index (χ0) is 52.2. The van der Waals surface area contributed by atoms with Crippen molar-refractivity contribution in [2.75, 3.05) is 13.2 Å². The molecule has 6 nitrogen and oxygen atoms in total. The van der Waals surface area contributed by atoms with Gasteiger partial charge in [-0.15, -0.1) is 0 Å². The van der Waals surface area contributed by atoms with Gasteiger partial charge in [-0.25, -0.2) is 0 Å². The minimum Gasteiger partial charge on any atom is -0.466 e. The molecular formula is C66H131NO5. The summed E-state index contributed by atoms with van der Waals surface area (Å²) in [5, 5.41) is 23.2. The smallest absolute Gasteiger partial charge is 0.305 e. The Bertz CT molecular complexity index is 1040. The van der Waals surface area contributed by atoms with Crippen LogP contribution in [0.25, 0.3) is 0 Å². The lowest BCUT2D eigenvalue weighted by atomic mass is 10.0. The summed E-state index contributed by atoms with van der Waals surface area (Å²) in [7, 11) is 0. The van der Waals surface area contributed by atoms with E-state index in [2.05, 4.69) is 19.2 Å². The standard InChI is InChI=1S/C66H131NO5/c1-3-5-7-9-11-13-15-36-40-44-48-52-56-60-66(71)72-61-57-53-49-45-41-38-35-33-31-29-27-25-23-21-19-17-16-18-20-22-24-26-28-30-32-34-37-39-43-47-51-55-59-65(70)67-63(62-68)64(69)58-54-50-46-42-14-12-10-8-6-4-2/h63-64,68-69H,3-62H2,1-2H3,(H,67,70). The van der Waals surface area contributed by atoms with Crippen LogP contribution in [0.3, 0.4) is 0 Å². The number of carbonyl (C=O) groups is 2. The molecule has 0 saturated heterocycles. The van der Waals surface area contributed by atoms with Crippen LogP contribution in [0.2, 0.25) is 0 Å². The van der Waals surface area contributed by atoms with Crippen molar-refractivity contribution >= 4 is 11.9 Å². The third kappa shape index (κ3) is 58.1. The van der Waals surface area contributed by atoms with Gasteiger partial charge in [0.2, 0.25) is 5.91 Å². The van der Waals surface area contributed by atoms with Gasteiger partial charge < -0.3 is 20.3 Å². The van der Waals surface area contributed by atoms with Crippen LogP contribution in [0.5, 0.6) is 0 Å². The highest BCUT2D eigenvalue weighted by Crippen LogP contribution is 2.19. The highest BCUT2D eigenvalue weighted by Gasteiger charge is 2.20. The Morgan fingerprint density at radius 1 is 0.333 bits per heavy atom. The van der Waals surface area contributed by atoms with Crippen molar-refractivity contribution in [1.29, 1.82) is 0 Å². The summed E-state index contributed by atoms with van der Waals surface area (Å²) < 4.78 is 5.49. The predicted octanol–water partition coefficient (Wildman–Crippen LogP) is 21.0. The molecule has 3 N–H and O–H groups in total. The molecule has 430 valence electrons. The van der Waals surface area contributed by atoms with Crippen LogP contribution >= 0.6 is 0 Å². The number of ether oxygens (including phenoxy) is 1. The molecule has 0 rings (SSSR count). The number of unbranched alkanes of at least 4 members (excludes halogenated alkanes) is 52. The van der Waals surface area contributed by atoms with Crippen molar-refractivity contribution in [3.8, 4) is 0 Å². The van der Waals surface area contributed by atoms with Crippen molar-refractivity contribution in [2.45, 2.75) is 398 Å². The summed E-state index contributed by atoms with van der Waals surface area (Å²) in [6.07, 6.45) is 74.4. The molecule has 0 aromatic carbocycles. The lowest BCUT2D eigenvalue weighted by Gasteiger charge is -2.22. The van der Waals surface area contributed by atoms with Crippen LogP contribution in [0.15, 0.2) is 0 Å². The third-order valence-corrected chi connectivity index (χ3v) is 15.9. The first-order valence-corrected chi connectivity index (χ1v) is 33.3. The Hall–Kier alpha value is -1.14. The van der Waals surface area contributed by atoms with Gasteiger partial charge in [0, 0.05) is 12.8 Å². The zero-order valence-corrected chi connectivity index (χ0v) is 49.2. The Balaban J connectivity index is 3.28. The van der Waals surface area contributed by atoms with Gasteiger partial charge in [0.25, 0.3) is 0 Å². The fraction of sp³-hybridized carbons (Fsp3) is 0.970. The number of hydrogen-bond acceptors (Lipinski definition) is 5. The number of carbonyl (C=O) groups excluding carboxylic acids is 2. The second-order valence-electron chi connectivity index (χ2n) is 23.2. The fourth-order valence-corrected chi connectivity index (χ4v) is 10.8. The molecular weight excluding hydrogens is 887 g/mol. The van der Waals surface area contributed by atoms with E-state index >= 15 is 0 Å². The Labute approximate surface area is 451 Å². The van der Waals surface area contributed by atoms with Crippen molar-refractivity contribution in [1.82, 2.24) is 5.32 Å². The van der Waals surface area contributed by atoms with Gasteiger partial charge in [0.15, 0.2) is 0 Å². The SMILES string of the molecule is CCCCCCCCCCCCCCCC(=O)OCCCCCCCCCCCCCCCCCCCCCCCCCCCCCCCCCCC(=O)NC(CO)C(O)CCCCCCCCCCCC. The monoisotopic (exact) mass is 1020 g/mol. The van der Waals surface area contributed by atoms with Gasteiger partial charge >= 0.3 is 5.97 Å². The van der Waals surface area contributed by atoms with Crippen molar-refractivity contribution in [2.24, 2.45) is 0 Å². The number of rotatable bonds is 63. The molecule has 0 aromatic heterocycles. The number of esters is 1. The van der Waals surface area contributed by atoms with Crippen LogP contribution in [0, 0.1) is 0 Å². The first-order valence-electron chi connectivity index (χ1n) is 33.3. The minimum atomic E-state index is -0.658. The predicted molar refractivity (Wildman–Crippen MR) is 315 cm³/mol. The molecule has 0 saturated carbocycles. The van der Waals surface area contributed by atoms with Gasteiger partial charge in [-0.3, -0.25) is 9.59 Å². The van der Waals surface area contributed by atoms with Crippen LogP contribution < -0.4 is 5.32 Å². The topological polar surface area (TPSA) is 95.9 Å². The number of hydrogen-bond donors (Lipinski definition) is 3. The molecule has 0 aromatic rings. The average Bonchev–Trinajstić information content (AvgIpc) is 3.38. The van der Waals surface area contributed by atoms with E-state index in [4.69, 9.17) is 4.74 Å². The first-order chi connectivity index (χ1) is 35.5. The molecule has 0 spiro atoms. The maximum atomic E-state index is 12.4. The largest absolute Gasteiger partial charge is 0.466 e. The van der Waals surface area contributed by atoms with Crippen molar-refractivity contribution < 1.29 is 24.5 Å². The fourth-order valence-electron chi connectivity index (χ4n) is 10.8. The molecule has 0 aliphatic heterocycles. The zero-order valence-electron chi connectivity index (χ0n) is 49.2. The van der Waals surface area contributed by atoms with Crippen LogP contribution in [0.4, 0.5) is 0 Å². The Kier molecular flexibility index (Phi) is 61.4. The molecule has 0 aliphatic rings. The molecule has 0 heterocycles. The molecule has 0 bridgehead atoms. The molecule has 2 atom stereocenters.